The largest absolute Gasteiger partial charge is 0.416 e. The molecule has 3 rings (SSSR count). The summed E-state index contributed by atoms with van der Waals surface area (Å²) in [6.07, 6.45) is -1.81. The average molecular weight is 296 g/mol. The van der Waals surface area contributed by atoms with E-state index in [2.05, 4.69) is 15.6 Å². The summed E-state index contributed by atoms with van der Waals surface area (Å²) in [6.45, 7) is 2.00. The number of hydrogen-bond donors (Lipinski definition) is 1. The molecule has 0 radical (unpaired) electrons. The Morgan fingerprint density at radius 3 is 2.67 bits per heavy atom. The molecule has 1 aromatic heterocycles. The van der Waals surface area contributed by atoms with Crippen molar-refractivity contribution in [1.29, 1.82) is 0 Å². The summed E-state index contributed by atoms with van der Waals surface area (Å²) in [5, 5.41) is 11.1. The van der Waals surface area contributed by atoms with E-state index in [1.54, 1.807) is 12.3 Å². The molecule has 112 valence electrons. The fraction of sp³-hybridized carbons (Fsp3) is 0.429. The Labute approximate surface area is 120 Å². The molecule has 1 N–H and O–H groups in total. The van der Waals surface area contributed by atoms with Crippen LogP contribution in [0.1, 0.15) is 16.8 Å². The Morgan fingerprint density at radius 2 is 2.00 bits per heavy atom. The molecule has 21 heavy (non-hydrogen) atoms. The predicted octanol–water partition coefficient (Wildman–Crippen LogP) is 2.11. The minimum atomic E-state index is -4.35. The predicted molar refractivity (Wildman–Crippen MR) is 70.6 cm³/mol. The summed E-state index contributed by atoms with van der Waals surface area (Å²) in [5.74, 6) is 0.553. The number of halogens is 3. The van der Waals surface area contributed by atoms with Gasteiger partial charge in [-0.05, 0) is 37.1 Å². The van der Waals surface area contributed by atoms with Crippen molar-refractivity contribution in [3.8, 4) is 0 Å². The summed E-state index contributed by atoms with van der Waals surface area (Å²) < 4.78 is 40.3. The summed E-state index contributed by atoms with van der Waals surface area (Å²) in [6, 6.07) is 5.55. The van der Waals surface area contributed by atoms with Crippen LogP contribution in [0.2, 0.25) is 0 Å². The van der Waals surface area contributed by atoms with Crippen LogP contribution in [0.4, 0.5) is 13.2 Å². The van der Waals surface area contributed by atoms with Gasteiger partial charge in [0.15, 0.2) is 0 Å². The molecule has 1 aromatic carbocycles. The zero-order valence-electron chi connectivity index (χ0n) is 11.3. The molecule has 1 fully saturated rings. The van der Waals surface area contributed by atoms with E-state index in [0.717, 1.165) is 31.3 Å². The van der Waals surface area contributed by atoms with E-state index in [1.807, 2.05) is 0 Å². The van der Waals surface area contributed by atoms with Gasteiger partial charge in [-0.3, -0.25) is 0 Å². The minimum Gasteiger partial charge on any atom is -0.316 e. The molecule has 7 heteroatoms. The van der Waals surface area contributed by atoms with Gasteiger partial charge in [0.25, 0.3) is 0 Å². The van der Waals surface area contributed by atoms with Gasteiger partial charge in [-0.2, -0.15) is 13.2 Å². The van der Waals surface area contributed by atoms with E-state index < -0.39 is 11.7 Å². The van der Waals surface area contributed by atoms with Crippen LogP contribution in [0.3, 0.4) is 0 Å². The highest BCUT2D eigenvalue weighted by Crippen LogP contribution is 2.32. The first-order valence-electron chi connectivity index (χ1n) is 6.77. The smallest absolute Gasteiger partial charge is 0.316 e. The topological polar surface area (TPSA) is 42.7 Å². The van der Waals surface area contributed by atoms with E-state index in [1.165, 1.54) is 16.8 Å². The van der Waals surface area contributed by atoms with Gasteiger partial charge < -0.3 is 5.32 Å². The van der Waals surface area contributed by atoms with Gasteiger partial charge in [-0.1, -0.05) is 23.4 Å². The summed E-state index contributed by atoms with van der Waals surface area (Å²) in [5.41, 5.74) is 0.406. The highest BCUT2D eigenvalue weighted by Gasteiger charge is 2.33. The second kappa shape index (κ2) is 5.48. The molecular weight excluding hydrogens is 281 g/mol. The monoisotopic (exact) mass is 296 g/mol. The molecule has 1 aliphatic rings. The van der Waals surface area contributed by atoms with E-state index in [4.69, 9.17) is 0 Å². The molecule has 0 atom stereocenters. The Kier molecular flexibility index (Phi) is 3.67. The second-order valence-corrected chi connectivity index (χ2v) is 5.29. The fourth-order valence-corrected chi connectivity index (χ4v) is 2.41. The average Bonchev–Trinajstić information content (AvgIpc) is 2.81. The van der Waals surface area contributed by atoms with Crippen LogP contribution in [0.5, 0.6) is 0 Å². The number of benzene rings is 1. The van der Waals surface area contributed by atoms with E-state index >= 15 is 0 Å². The number of alkyl halides is 3. The zero-order valence-corrected chi connectivity index (χ0v) is 11.3. The quantitative estimate of drug-likeness (QED) is 0.939. The maximum atomic E-state index is 12.9. The van der Waals surface area contributed by atoms with Crippen molar-refractivity contribution in [3.63, 3.8) is 0 Å². The Balaban J connectivity index is 1.74. The third-order valence-electron chi connectivity index (χ3n) is 3.61. The first-order chi connectivity index (χ1) is 10.0. The number of hydrogen-bond acceptors (Lipinski definition) is 3. The van der Waals surface area contributed by atoms with Crippen LogP contribution in [0.15, 0.2) is 30.5 Å². The zero-order chi connectivity index (χ0) is 14.9. The fourth-order valence-electron chi connectivity index (χ4n) is 2.41. The standard InChI is InChI=1S/C14H15F3N4/c15-14(16,17)13-4-2-1-3-11(13)8-21-9-12(19-20-21)5-10-6-18-7-10/h1-4,9-10,18H,5-8H2. The van der Waals surface area contributed by atoms with E-state index in [-0.39, 0.29) is 12.1 Å². The molecule has 0 bridgehead atoms. The van der Waals surface area contributed by atoms with Crippen molar-refractivity contribution >= 4 is 0 Å². The van der Waals surface area contributed by atoms with Crippen LogP contribution in [-0.2, 0) is 19.1 Å². The number of rotatable bonds is 4. The molecule has 0 unspecified atom stereocenters. The third kappa shape index (κ3) is 3.24. The van der Waals surface area contributed by atoms with Crippen molar-refractivity contribution in [3.05, 3.63) is 47.3 Å². The van der Waals surface area contributed by atoms with Crippen molar-refractivity contribution in [2.45, 2.75) is 19.1 Å². The molecule has 4 nitrogen and oxygen atoms in total. The van der Waals surface area contributed by atoms with E-state index in [9.17, 15) is 13.2 Å². The first kappa shape index (κ1) is 14.1. The lowest BCUT2D eigenvalue weighted by Crippen LogP contribution is -2.43. The summed E-state index contributed by atoms with van der Waals surface area (Å²) >= 11 is 0. The number of nitrogens with zero attached hydrogens (tertiary/aromatic N) is 3. The molecule has 2 heterocycles. The van der Waals surface area contributed by atoms with Gasteiger partial charge in [0.2, 0.25) is 0 Å². The molecule has 1 saturated heterocycles. The van der Waals surface area contributed by atoms with Gasteiger partial charge in [0.05, 0.1) is 17.8 Å². The number of aromatic nitrogens is 3. The maximum Gasteiger partial charge on any atom is 0.416 e. The maximum absolute atomic E-state index is 12.9. The third-order valence-corrected chi connectivity index (χ3v) is 3.61. The molecule has 2 aromatic rings. The summed E-state index contributed by atoms with van der Waals surface area (Å²) in [4.78, 5) is 0. The van der Waals surface area contributed by atoms with Crippen molar-refractivity contribution < 1.29 is 13.2 Å². The molecule has 0 saturated carbocycles. The minimum absolute atomic E-state index is 0.0750. The lowest BCUT2D eigenvalue weighted by molar-refractivity contribution is -0.138. The van der Waals surface area contributed by atoms with Crippen LogP contribution in [-0.4, -0.2) is 28.1 Å². The molecule has 1 aliphatic heterocycles. The molecule has 0 spiro atoms. The van der Waals surface area contributed by atoms with Gasteiger partial charge in [-0.15, -0.1) is 5.10 Å². The lowest BCUT2D eigenvalue weighted by Gasteiger charge is -2.25. The first-order valence-corrected chi connectivity index (χ1v) is 6.77. The number of nitrogens with one attached hydrogen (secondary N) is 1. The van der Waals surface area contributed by atoms with E-state index in [0.29, 0.717) is 5.92 Å². The van der Waals surface area contributed by atoms with Crippen molar-refractivity contribution in [1.82, 2.24) is 20.3 Å². The highest BCUT2D eigenvalue weighted by atomic mass is 19.4. The molecule has 0 amide bonds. The Hall–Kier alpha value is -1.89. The van der Waals surface area contributed by atoms with Crippen molar-refractivity contribution in [2.75, 3.05) is 13.1 Å². The van der Waals surface area contributed by atoms with Crippen LogP contribution < -0.4 is 5.32 Å². The molecule has 0 aliphatic carbocycles. The second-order valence-electron chi connectivity index (χ2n) is 5.29. The van der Waals surface area contributed by atoms with Crippen LogP contribution in [0.25, 0.3) is 0 Å². The normalized spacial score (nSPS) is 16.0. The van der Waals surface area contributed by atoms with Crippen LogP contribution >= 0.6 is 0 Å². The SMILES string of the molecule is FC(F)(F)c1ccccc1Cn1cc(CC2CNC2)nn1. The Morgan fingerprint density at radius 1 is 1.24 bits per heavy atom. The van der Waals surface area contributed by atoms with Crippen LogP contribution in [0, 0.1) is 5.92 Å². The summed E-state index contributed by atoms with van der Waals surface area (Å²) in [7, 11) is 0. The van der Waals surface area contributed by atoms with Gasteiger partial charge in [0.1, 0.15) is 0 Å². The molecular formula is C14H15F3N4. The lowest BCUT2D eigenvalue weighted by atomic mass is 9.98. The van der Waals surface area contributed by atoms with Crippen molar-refractivity contribution in [2.24, 2.45) is 5.92 Å². The Bertz CT molecular complexity index is 617. The van der Waals surface area contributed by atoms with Gasteiger partial charge >= 0.3 is 6.18 Å². The van der Waals surface area contributed by atoms with Gasteiger partial charge in [0, 0.05) is 6.20 Å². The van der Waals surface area contributed by atoms with Gasteiger partial charge in [-0.25, -0.2) is 4.68 Å². The highest BCUT2D eigenvalue weighted by molar-refractivity contribution is 5.29.